The normalized spacial score (nSPS) is 31.7. The number of hydrogen-bond acceptors (Lipinski definition) is 14. The number of hydrogen-bond donors (Lipinski definition) is 8. The molecule has 0 saturated carbocycles. The molecule has 16 heteroatoms. The van der Waals surface area contributed by atoms with Crippen LogP contribution in [0.3, 0.4) is 0 Å². The van der Waals surface area contributed by atoms with Gasteiger partial charge in [0.2, 0.25) is 12.6 Å². The van der Waals surface area contributed by atoms with Gasteiger partial charge in [-0.15, -0.1) is 0 Å². The lowest BCUT2D eigenvalue weighted by Gasteiger charge is -2.38. The molecule has 2 aromatic carbocycles. The van der Waals surface area contributed by atoms with E-state index in [0.29, 0.717) is 12.8 Å². The molecule has 0 aliphatic carbocycles. The van der Waals surface area contributed by atoms with Gasteiger partial charge in [-0.3, -0.25) is 0 Å². The van der Waals surface area contributed by atoms with Gasteiger partial charge in [-0.2, -0.15) is 0 Å². The van der Waals surface area contributed by atoms with Gasteiger partial charge in [-0.1, -0.05) is 26.0 Å². The highest BCUT2D eigenvalue weighted by Gasteiger charge is 2.49. The lowest BCUT2D eigenvalue weighted by molar-refractivity contribution is -0.271. The molecule has 0 spiro atoms. The van der Waals surface area contributed by atoms with Crippen LogP contribution < -0.4 is 18.9 Å². The molecule has 8 N–H and O–H groups in total. The van der Waals surface area contributed by atoms with E-state index in [0.717, 1.165) is 11.1 Å². The number of carboxylic acid groups (broad SMARTS) is 2. The molecule has 0 bridgehead atoms. The fraction of sp³-hybridized carbons (Fsp3) is 0.562. The molecule has 2 fully saturated rings. The predicted molar refractivity (Wildman–Crippen MR) is 162 cm³/mol. The Morgan fingerprint density at radius 3 is 1.27 bits per heavy atom. The third kappa shape index (κ3) is 8.10. The molecule has 0 radical (unpaired) electrons. The van der Waals surface area contributed by atoms with E-state index < -0.39 is 73.4 Å². The van der Waals surface area contributed by atoms with Crippen molar-refractivity contribution in [2.24, 2.45) is 11.8 Å². The van der Waals surface area contributed by atoms with Crippen molar-refractivity contribution in [1.82, 2.24) is 0 Å². The average molecular weight is 683 g/mol. The lowest BCUT2D eigenvalue weighted by atomic mass is 9.85. The van der Waals surface area contributed by atoms with E-state index in [1.165, 1.54) is 14.2 Å². The van der Waals surface area contributed by atoms with E-state index in [1.807, 2.05) is 0 Å². The summed E-state index contributed by atoms with van der Waals surface area (Å²) < 4.78 is 32.6. The number of carboxylic acids is 2. The number of methoxy groups -OCH3 is 2. The fourth-order valence-electron chi connectivity index (χ4n) is 5.57. The summed E-state index contributed by atoms with van der Waals surface area (Å²) in [5.74, 6) is -1.95. The van der Waals surface area contributed by atoms with Crippen molar-refractivity contribution in [3.63, 3.8) is 0 Å². The number of rotatable bonds is 13. The topological polar surface area (TPSA) is 251 Å². The van der Waals surface area contributed by atoms with Gasteiger partial charge in [-0.05, 0) is 60.1 Å². The van der Waals surface area contributed by atoms with Crippen LogP contribution in [0.5, 0.6) is 23.0 Å². The fourth-order valence-corrected chi connectivity index (χ4v) is 5.57. The van der Waals surface area contributed by atoms with E-state index in [9.17, 15) is 50.4 Å². The van der Waals surface area contributed by atoms with E-state index >= 15 is 0 Å². The second kappa shape index (κ2) is 15.7. The molecular formula is C32H42O16. The van der Waals surface area contributed by atoms with Crippen molar-refractivity contribution in [3.05, 3.63) is 47.5 Å². The first-order chi connectivity index (χ1) is 22.7. The number of carbonyl (C=O) groups is 2. The molecule has 2 aliphatic rings. The highest BCUT2D eigenvalue weighted by Crippen LogP contribution is 2.35. The Hall–Kier alpha value is -3.74. The van der Waals surface area contributed by atoms with Crippen molar-refractivity contribution in [2.75, 3.05) is 14.2 Å². The zero-order valence-corrected chi connectivity index (χ0v) is 26.7. The summed E-state index contributed by atoms with van der Waals surface area (Å²) in [6.07, 6.45) is -16.3. The molecule has 12 atom stereocenters. The third-order valence-corrected chi connectivity index (χ3v) is 8.66. The van der Waals surface area contributed by atoms with Crippen LogP contribution in [0, 0.1) is 11.8 Å². The van der Waals surface area contributed by atoms with E-state index in [2.05, 4.69) is 13.8 Å². The number of aliphatic hydroxyl groups excluding tert-OH is 6. The molecule has 0 aromatic heterocycles. The summed E-state index contributed by atoms with van der Waals surface area (Å²) in [5, 5.41) is 79.2. The molecular weight excluding hydrogens is 640 g/mol. The van der Waals surface area contributed by atoms with Crippen LogP contribution in [-0.2, 0) is 31.9 Å². The Morgan fingerprint density at radius 2 is 0.958 bits per heavy atom. The smallest absolute Gasteiger partial charge is 0.335 e. The first kappa shape index (κ1) is 37.1. The van der Waals surface area contributed by atoms with Gasteiger partial charge >= 0.3 is 11.9 Å². The maximum Gasteiger partial charge on any atom is 0.335 e. The second-order valence-corrected chi connectivity index (χ2v) is 12.0. The summed E-state index contributed by atoms with van der Waals surface area (Å²) in [6, 6.07) is 10.2. The SMILES string of the molecule is COc1cc(CC(C)C(C)Cc2ccc(O[C@@H]3O[C@H](C(=O)O)[C@@H](O)[C@H](O)[C@H]3O)c(OC)c2)ccc1O[C@@H]1O[C@H](C(=O)O)[C@@H](O)[C@H](O)[C@H]1O. The summed E-state index contributed by atoms with van der Waals surface area (Å²) in [7, 11) is 2.82. The molecule has 0 amide bonds. The molecule has 2 aliphatic heterocycles. The molecule has 2 saturated heterocycles. The van der Waals surface area contributed by atoms with Crippen LogP contribution in [0.15, 0.2) is 36.4 Å². The number of benzene rings is 2. The Labute approximate surface area is 275 Å². The van der Waals surface area contributed by atoms with Gasteiger partial charge in [0.1, 0.15) is 36.6 Å². The summed E-state index contributed by atoms with van der Waals surface area (Å²) in [4.78, 5) is 22.8. The molecule has 48 heavy (non-hydrogen) atoms. The number of aliphatic carboxylic acids is 2. The average Bonchev–Trinajstić information content (AvgIpc) is 3.05. The molecule has 2 aromatic rings. The van der Waals surface area contributed by atoms with Crippen LogP contribution >= 0.6 is 0 Å². The van der Waals surface area contributed by atoms with Crippen molar-refractivity contribution in [2.45, 2.75) is 88.1 Å². The Kier molecular flexibility index (Phi) is 12.1. The van der Waals surface area contributed by atoms with Crippen molar-refractivity contribution in [3.8, 4) is 23.0 Å². The summed E-state index contributed by atoms with van der Waals surface area (Å²) in [5.41, 5.74) is 1.78. The van der Waals surface area contributed by atoms with Crippen molar-refractivity contribution >= 4 is 11.9 Å². The van der Waals surface area contributed by atoms with Gasteiger partial charge < -0.3 is 69.3 Å². The maximum atomic E-state index is 11.4. The van der Waals surface area contributed by atoms with Gasteiger partial charge in [-0.25, -0.2) is 9.59 Å². The minimum atomic E-state index is -1.85. The molecule has 2 heterocycles. The van der Waals surface area contributed by atoms with Gasteiger partial charge in [0, 0.05) is 0 Å². The predicted octanol–water partition coefficient (Wildman–Crippen LogP) is -0.697. The Morgan fingerprint density at radius 1 is 0.604 bits per heavy atom. The zero-order chi connectivity index (χ0) is 35.4. The lowest BCUT2D eigenvalue weighted by Crippen LogP contribution is -2.61. The Bertz CT molecular complexity index is 1310. The van der Waals surface area contributed by atoms with Gasteiger partial charge in [0.15, 0.2) is 35.2 Å². The Balaban J connectivity index is 1.39. The van der Waals surface area contributed by atoms with Crippen LogP contribution in [-0.4, -0.2) is 128 Å². The number of ether oxygens (including phenoxy) is 6. The standard InChI is InChI=1S/C32H42O16/c1-13(9-15-5-7-17(19(11-15)43-3)45-31-25(37)21(33)23(35)27(47-31)29(39)40)14(2)10-16-6-8-18(20(12-16)44-4)46-32-26(38)22(34)24(36)28(48-32)30(41)42/h5-8,11-14,21-28,31-38H,9-10H2,1-4H3,(H,39,40)(H,41,42)/t13?,14?,21-,22-,23-,24-,25+,26+,27-,28-,31+,32+/m0/s1. The quantitative estimate of drug-likeness (QED) is 0.130. The highest BCUT2D eigenvalue weighted by atomic mass is 16.7. The maximum absolute atomic E-state index is 11.4. The van der Waals surface area contributed by atoms with Crippen molar-refractivity contribution in [1.29, 1.82) is 0 Å². The molecule has 4 rings (SSSR count). The minimum Gasteiger partial charge on any atom is -0.493 e. The van der Waals surface area contributed by atoms with Gasteiger partial charge in [0.25, 0.3) is 0 Å². The van der Waals surface area contributed by atoms with Crippen LogP contribution in [0.2, 0.25) is 0 Å². The van der Waals surface area contributed by atoms with Crippen LogP contribution in [0.1, 0.15) is 25.0 Å². The van der Waals surface area contributed by atoms with E-state index in [-0.39, 0.29) is 34.8 Å². The van der Waals surface area contributed by atoms with Crippen molar-refractivity contribution < 1.29 is 78.9 Å². The molecule has 2 unspecified atom stereocenters. The second-order valence-electron chi connectivity index (χ2n) is 12.0. The van der Waals surface area contributed by atoms with Gasteiger partial charge in [0.05, 0.1) is 14.2 Å². The third-order valence-electron chi connectivity index (χ3n) is 8.66. The first-order valence-corrected chi connectivity index (χ1v) is 15.2. The van der Waals surface area contributed by atoms with E-state index in [1.54, 1.807) is 36.4 Å². The highest BCUT2D eigenvalue weighted by molar-refractivity contribution is 5.74. The molecule has 16 nitrogen and oxygen atoms in total. The summed E-state index contributed by atoms with van der Waals surface area (Å²) >= 11 is 0. The number of aliphatic hydroxyl groups is 6. The van der Waals surface area contributed by atoms with Crippen LogP contribution in [0.25, 0.3) is 0 Å². The molecule has 266 valence electrons. The monoisotopic (exact) mass is 682 g/mol. The van der Waals surface area contributed by atoms with E-state index in [4.69, 9.17) is 28.4 Å². The first-order valence-electron chi connectivity index (χ1n) is 15.2. The largest absolute Gasteiger partial charge is 0.493 e. The zero-order valence-electron chi connectivity index (χ0n) is 26.7. The minimum absolute atomic E-state index is 0.128. The van der Waals surface area contributed by atoms with Crippen LogP contribution in [0.4, 0.5) is 0 Å². The summed E-state index contributed by atoms with van der Waals surface area (Å²) in [6.45, 7) is 4.14.